The number of carbonyl (C=O) groups is 2. The van der Waals surface area contributed by atoms with Gasteiger partial charge in [-0.25, -0.2) is 9.59 Å². The number of esters is 1. The van der Waals surface area contributed by atoms with Gasteiger partial charge in [-0.1, -0.05) is 30.0 Å². The molecule has 0 saturated heterocycles. The maximum atomic E-state index is 11.4. The molecule has 0 atom stereocenters. The highest BCUT2D eigenvalue weighted by Crippen LogP contribution is 2.29. The summed E-state index contributed by atoms with van der Waals surface area (Å²) in [6, 6.07) is 2.35. The predicted molar refractivity (Wildman–Crippen MR) is 72.0 cm³/mol. The lowest BCUT2D eigenvalue weighted by Crippen LogP contribution is -2.09. The van der Waals surface area contributed by atoms with Gasteiger partial charge in [0, 0.05) is 10.6 Å². The zero-order valence-corrected chi connectivity index (χ0v) is 11.7. The van der Waals surface area contributed by atoms with Crippen LogP contribution in [0.2, 0.25) is 5.02 Å². The van der Waals surface area contributed by atoms with Crippen molar-refractivity contribution >= 4 is 23.5 Å². The lowest BCUT2D eigenvalue weighted by molar-refractivity contribution is -0.268. The molecule has 5 nitrogen and oxygen atoms in total. The van der Waals surface area contributed by atoms with Crippen LogP contribution in [0.15, 0.2) is 24.3 Å². The van der Waals surface area contributed by atoms with Crippen molar-refractivity contribution in [2.45, 2.75) is 19.8 Å². The molecule has 0 radical (unpaired) electrons. The van der Waals surface area contributed by atoms with Crippen LogP contribution in [0.25, 0.3) is 0 Å². The SMILES string of the molecule is C=C(C)C(=O)OCCCc1c(C(=O)O)ccc([O-])c1Cl. The third-order valence-corrected chi connectivity index (χ3v) is 3.01. The highest BCUT2D eigenvalue weighted by Gasteiger charge is 2.13. The minimum Gasteiger partial charge on any atom is -0.871 e. The van der Waals surface area contributed by atoms with Crippen LogP contribution in [0, 0.1) is 0 Å². The quantitative estimate of drug-likeness (QED) is 0.494. The molecule has 0 unspecified atom stereocenters. The summed E-state index contributed by atoms with van der Waals surface area (Å²) < 4.78 is 4.89. The van der Waals surface area contributed by atoms with Crippen molar-refractivity contribution in [1.29, 1.82) is 0 Å². The van der Waals surface area contributed by atoms with Crippen LogP contribution >= 0.6 is 11.6 Å². The fraction of sp³-hybridized carbons (Fsp3) is 0.286. The van der Waals surface area contributed by atoms with Crippen molar-refractivity contribution in [1.82, 2.24) is 0 Å². The molecule has 1 aromatic rings. The number of rotatable bonds is 6. The molecule has 0 amide bonds. The Bertz CT molecular complexity index is 551. The number of aromatic carboxylic acids is 1. The first-order valence-electron chi connectivity index (χ1n) is 5.89. The van der Waals surface area contributed by atoms with Crippen molar-refractivity contribution in [2.75, 3.05) is 6.61 Å². The van der Waals surface area contributed by atoms with Crippen LogP contribution in [0.4, 0.5) is 0 Å². The summed E-state index contributed by atoms with van der Waals surface area (Å²) in [5.74, 6) is -2.08. The molecule has 1 rings (SSSR count). The summed E-state index contributed by atoms with van der Waals surface area (Å²) >= 11 is 5.84. The first kappa shape index (κ1) is 16.0. The second kappa shape index (κ2) is 6.96. The van der Waals surface area contributed by atoms with Gasteiger partial charge in [-0.2, -0.15) is 0 Å². The summed E-state index contributed by atoms with van der Waals surface area (Å²) in [5.41, 5.74) is 0.537. The minimum atomic E-state index is -1.15. The van der Waals surface area contributed by atoms with Gasteiger partial charge in [-0.3, -0.25) is 0 Å². The van der Waals surface area contributed by atoms with Gasteiger partial charge in [0.25, 0.3) is 0 Å². The van der Waals surface area contributed by atoms with Crippen LogP contribution in [0.3, 0.4) is 0 Å². The number of benzene rings is 1. The van der Waals surface area contributed by atoms with Crippen LogP contribution in [0.5, 0.6) is 5.75 Å². The van der Waals surface area contributed by atoms with Gasteiger partial charge in [0.2, 0.25) is 0 Å². The van der Waals surface area contributed by atoms with Crippen molar-refractivity contribution < 1.29 is 24.5 Å². The van der Waals surface area contributed by atoms with E-state index in [2.05, 4.69) is 6.58 Å². The fourth-order valence-electron chi connectivity index (χ4n) is 1.58. The highest BCUT2D eigenvalue weighted by molar-refractivity contribution is 6.33. The maximum absolute atomic E-state index is 11.4. The first-order chi connectivity index (χ1) is 9.34. The van der Waals surface area contributed by atoms with Gasteiger partial charge in [-0.15, -0.1) is 0 Å². The minimum absolute atomic E-state index is 0.0131. The zero-order valence-electron chi connectivity index (χ0n) is 10.9. The zero-order chi connectivity index (χ0) is 15.3. The molecule has 0 fully saturated rings. The Hall–Kier alpha value is -2.01. The number of carboxylic acid groups (broad SMARTS) is 1. The molecule has 0 spiro atoms. The number of ether oxygens (including phenoxy) is 1. The van der Waals surface area contributed by atoms with Gasteiger partial charge >= 0.3 is 11.9 Å². The van der Waals surface area contributed by atoms with E-state index < -0.39 is 17.7 Å². The molecule has 0 aromatic heterocycles. The summed E-state index contributed by atoms with van der Waals surface area (Å²) in [4.78, 5) is 22.2. The third kappa shape index (κ3) is 3.99. The molecule has 0 bridgehead atoms. The summed E-state index contributed by atoms with van der Waals surface area (Å²) in [7, 11) is 0. The van der Waals surface area contributed by atoms with E-state index >= 15 is 0 Å². The summed E-state index contributed by atoms with van der Waals surface area (Å²) in [6.45, 7) is 5.07. The Morgan fingerprint density at radius 1 is 1.45 bits per heavy atom. The largest absolute Gasteiger partial charge is 0.871 e. The second-order valence-corrected chi connectivity index (χ2v) is 4.61. The summed E-state index contributed by atoms with van der Waals surface area (Å²) in [5, 5.41) is 20.4. The molecule has 0 heterocycles. The van der Waals surface area contributed by atoms with E-state index in [4.69, 9.17) is 21.4 Å². The van der Waals surface area contributed by atoms with Crippen LogP contribution in [-0.2, 0) is 16.0 Å². The van der Waals surface area contributed by atoms with E-state index in [1.807, 2.05) is 0 Å². The number of hydrogen-bond donors (Lipinski definition) is 1. The van der Waals surface area contributed by atoms with Crippen LogP contribution in [0.1, 0.15) is 29.3 Å². The van der Waals surface area contributed by atoms with E-state index in [0.717, 1.165) is 6.07 Å². The molecular weight excluding hydrogens is 284 g/mol. The Morgan fingerprint density at radius 2 is 2.10 bits per heavy atom. The number of carboxylic acids is 1. The van der Waals surface area contributed by atoms with Gasteiger partial charge in [0.1, 0.15) is 0 Å². The average Bonchev–Trinajstić information content (AvgIpc) is 2.38. The molecule has 6 heteroatoms. The van der Waals surface area contributed by atoms with Crippen LogP contribution < -0.4 is 5.11 Å². The molecule has 0 aliphatic carbocycles. The van der Waals surface area contributed by atoms with E-state index in [1.165, 1.54) is 13.0 Å². The lowest BCUT2D eigenvalue weighted by atomic mass is 10.0. The monoisotopic (exact) mass is 297 g/mol. The highest BCUT2D eigenvalue weighted by atomic mass is 35.5. The van der Waals surface area contributed by atoms with Crippen LogP contribution in [-0.4, -0.2) is 23.7 Å². The molecule has 1 aromatic carbocycles. The van der Waals surface area contributed by atoms with E-state index in [0.29, 0.717) is 6.42 Å². The van der Waals surface area contributed by atoms with Gasteiger partial charge in [0.05, 0.1) is 12.2 Å². The molecule has 20 heavy (non-hydrogen) atoms. The summed E-state index contributed by atoms with van der Waals surface area (Å²) in [6.07, 6.45) is 0.600. The van der Waals surface area contributed by atoms with E-state index in [9.17, 15) is 14.7 Å². The third-order valence-electron chi connectivity index (χ3n) is 2.59. The molecule has 1 N–H and O–H groups in total. The Balaban J connectivity index is 2.72. The van der Waals surface area contributed by atoms with Gasteiger partial charge in [0.15, 0.2) is 0 Å². The first-order valence-corrected chi connectivity index (χ1v) is 6.26. The standard InChI is InChI=1S/C14H15ClO5/c1-8(2)14(19)20-7-3-4-9-10(13(17)18)5-6-11(16)12(9)15/h5-6,16H,1,3-4,7H2,2H3,(H,17,18)/p-1. The Labute approximate surface area is 121 Å². The lowest BCUT2D eigenvalue weighted by Gasteiger charge is -2.15. The average molecular weight is 298 g/mol. The molecular formula is C14H14ClO5-. The topological polar surface area (TPSA) is 86.7 Å². The fourth-order valence-corrected chi connectivity index (χ4v) is 1.84. The normalized spacial score (nSPS) is 10.1. The van der Waals surface area contributed by atoms with Crippen molar-refractivity contribution in [3.63, 3.8) is 0 Å². The van der Waals surface area contributed by atoms with Crippen molar-refractivity contribution in [3.05, 3.63) is 40.4 Å². The smallest absolute Gasteiger partial charge is 0.336 e. The Morgan fingerprint density at radius 3 is 2.65 bits per heavy atom. The molecule has 108 valence electrons. The van der Waals surface area contributed by atoms with Crippen molar-refractivity contribution in [2.24, 2.45) is 0 Å². The van der Waals surface area contributed by atoms with E-state index in [-0.39, 0.29) is 34.8 Å². The van der Waals surface area contributed by atoms with Gasteiger partial charge in [-0.05, 0) is 31.4 Å². The number of halogens is 1. The number of carbonyl (C=O) groups excluding carboxylic acids is 1. The van der Waals surface area contributed by atoms with Gasteiger partial charge < -0.3 is 14.9 Å². The van der Waals surface area contributed by atoms with E-state index in [1.54, 1.807) is 0 Å². The molecule has 0 aliphatic heterocycles. The predicted octanol–water partition coefficient (Wildman–Crippen LogP) is 2.16. The second-order valence-electron chi connectivity index (χ2n) is 4.23. The Kier molecular flexibility index (Phi) is 5.58. The molecule has 0 aliphatic rings. The van der Waals surface area contributed by atoms with Crippen molar-refractivity contribution in [3.8, 4) is 5.75 Å². The number of hydrogen-bond acceptors (Lipinski definition) is 4. The maximum Gasteiger partial charge on any atom is 0.336 e. The molecule has 0 saturated carbocycles.